The first-order chi connectivity index (χ1) is 9.37. The van der Waals surface area contributed by atoms with Crippen LogP contribution in [0, 0.1) is 19.8 Å². The highest BCUT2D eigenvalue weighted by Gasteiger charge is 2.36. The van der Waals surface area contributed by atoms with Crippen molar-refractivity contribution in [2.75, 3.05) is 13.1 Å². The molecule has 1 fully saturated rings. The molecule has 0 radical (unpaired) electrons. The van der Waals surface area contributed by atoms with Crippen molar-refractivity contribution < 1.29 is 8.42 Å². The first-order valence-corrected chi connectivity index (χ1v) is 8.61. The number of hydrogen-bond donors (Lipinski definition) is 1. The van der Waals surface area contributed by atoms with Crippen molar-refractivity contribution in [2.24, 2.45) is 11.7 Å². The molecule has 0 amide bonds. The van der Waals surface area contributed by atoms with Crippen LogP contribution in [0.25, 0.3) is 0 Å². The van der Waals surface area contributed by atoms with E-state index in [-0.39, 0.29) is 18.4 Å². The van der Waals surface area contributed by atoms with Gasteiger partial charge in [-0.2, -0.15) is 4.31 Å². The molecule has 1 aromatic rings. The first-order valence-electron chi connectivity index (χ1n) is 7.17. The second-order valence-corrected chi connectivity index (χ2v) is 7.67. The molecule has 0 aliphatic carbocycles. The van der Waals surface area contributed by atoms with E-state index >= 15 is 0 Å². The lowest BCUT2D eigenvalue weighted by Crippen LogP contribution is -2.51. The second-order valence-electron chi connectivity index (χ2n) is 5.81. The van der Waals surface area contributed by atoms with Gasteiger partial charge >= 0.3 is 0 Å². The predicted molar refractivity (Wildman–Crippen MR) is 88.3 cm³/mol. The van der Waals surface area contributed by atoms with Gasteiger partial charge < -0.3 is 5.73 Å². The van der Waals surface area contributed by atoms with Crippen molar-refractivity contribution in [3.8, 4) is 0 Å². The van der Waals surface area contributed by atoms with Crippen LogP contribution in [0.2, 0.25) is 0 Å². The van der Waals surface area contributed by atoms with Crippen molar-refractivity contribution in [2.45, 2.75) is 44.6 Å². The molecule has 120 valence electrons. The quantitative estimate of drug-likeness (QED) is 0.924. The predicted octanol–water partition coefficient (Wildman–Crippen LogP) is 2.47. The lowest BCUT2D eigenvalue weighted by molar-refractivity contribution is 0.192. The van der Waals surface area contributed by atoms with Crippen LogP contribution in [-0.2, 0) is 10.0 Å². The number of benzene rings is 1. The fraction of sp³-hybridized carbons (Fsp3) is 0.600. The molecule has 0 saturated carbocycles. The van der Waals surface area contributed by atoms with Gasteiger partial charge in [0.15, 0.2) is 0 Å². The van der Waals surface area contributed by atoms with Gasteiger partial charge in [-0.3, -0.25) is 0 Å². The summed E-state index contributed by atoms with van der Waals surface area (Å²) in [6, 6.07) is 5.39. The molecule has 1 heterocycles. The SMILES string of the molecule is Cc1ccc(S(=O)(=O)N2CCCC(C)C2CN)c(C)c1.Cl. The molecular formula is C15H25ClN2O2S. The zero-order valence-electron chi connectivity index (χ0n) is 12.9. The number of halogens is 1. The van der Waals surface area contributed by atoms with Gasteiger partial charge in [-0.1, -0.05) is 24.6 Å². The monoisotopic (exact) mass is 332 g/mol. The van der Waals surface area contributed by atoms with Crippen molar-refractivity contribution in [3.63, 3.8) is 0 Å². The maximum atomic E-state index is 12.9. The zero-order chi connectivity index (χ0) is 14.9. The topological polar surface area (TPSA) is 63.4 Å². The van der Waals surface area contributed by atoms with Crippen LogP contribution in [-0.4, -0.2) is 31.9 Å². The van der Waals surface area contributed by atoms with E-state index in [1.807, 2.05) is 26.0 Å². The molecular weight excluding hydrogens is 308 g/mol. The van der Waals surface area contributed by atoms with Crippen LogP contribution in [0.4, 0.5) is 0 Å². The number of rotatable bonds is 3. The summed E-state index contributed by atoms with van der Waals surface area (Å²) in [5.74, 6) is 0.314. The van der Waals surface area contributed by atoms with E-state index in [1.165, 1.54) is 0 Å². The minimum atomic E-state index is -3.45. The minimum Gasteiger partial charge on any atom is -0.329 e. The summed E-state index contributed by atoms with van der Waals surface area (Å²) in [4.78, 5) is 0.413. The largest absolute Gasteiger partial charge is 0.329 e. The van der Waals surface area contributed by atoms with Gasteiger partial charge in [0.25, 0.3) is 0 Å². The molecule has 21 heavy (non-hydrogen) atoms. The van der Waals surface area contributed by atoms with Crippen LogP contribution in [0.1, 0.15) is 30.9 Å². The van der Waals surface area contributed by atoms with E-state index in [1.54, 1.807) is 10.4 Å². The molecule has 6 heteroatoms. The average molecular weight is 333 g/mol. The third-order valence-electron chi connectivity index (χ3n) is 4.22. The Kier molecular flexibility index (Phi) is 6.23. The summed E-state index contributed by atoms with van der Waals surface area (Å²) in [6.45, 7) is 6.86. The number of piperidine rings is 1. The molecule has 2 N–H and O–H groups in total. The number of aryl methyl sites for hydroxylation is 2. The lowest BCUT2D eigenvalue weighted by Gasteiger charge is -2.38. The molecule has 0 bridgehead atoms. The Morgan fingerprint density at radius 1 is 1.33 bits per heavy atom. The fourth-order valence-electron chi connectivity index (χ4n) is 3.07. The Morgan fingerprint density at radius 2 is 2.00 bits per heavy atom. The third kappa shape index (κ3) is 3.59. The highest BCUT2D eigenvalue weighted by atomic mass is 35.5. The van der Waals surface area contributed by atoms with Crippen molar-refractivity contribution in [3.05, 3.63) is 29.3 Å². The maximum absolute atomic E-state index is 12.9. The Hall–Kier alpha value is -0.620. The molecule has 1 aromatic carbocycles. The molecule has 2 rings (SSSR count). The Balaban J connectivity index is 0.00000220. The van der Waals surface area contributed by atoms with Crippen LogP contribution < -0.4 is 5.73 Å². The average Bonchev–Trinajstić information content (AvgIpc) is 2.37. The van der Waals surface area contributed by atoms with Gasteiger partial charge in [0.2, 0.25) is 10.0 Å². The van der Waals surface area contributed by atoms with E-state index in [4.69, 9.17) is 5.73 Å². The summed E-state index contributed by atoms with van der Waals surface area (Å²) in [5.41, 5.74) is 7.69. The summed E-state index contributed by atoms with van der Waals surface area (Å²) < 4.78 is 27.4. The maximum Gasteiger partial charge on any atom is 0.243 e. The van der Waals surface area contributed by atoms with Crippen molar-refractivity contribution >= 4 is 22.4 Å². The van der Waals surface area contributed by atoms with Gasteiger partial charge in [0.05, 0.1) is 4.90 Å². The molecule has 1 saturated heterocycles. The van der Waals surface area contributed by atoms with Crippen LogP contribution in [0.15, 0.2) is 23.1 Å². The molecule has 2 atom stereocenters. The molecule has 0 aromatic heterocycles. The number of nitrogens with two attached hydrogens (primary N) is 1. The van der Waals surface area contributed by atoms with E-state index in [9.17, 15) is 8.42 Å². The Bertz CT molecular complexity index is 589. The van der Waals surface area contributed by atoms with Crippen LogP contribution >= 0.6 is 12.4 Å². The number of nitrogens with zero attached hydrogens (tertiary/aromatic N) is 1. The summed E-state index contributed by atoms with van der Waals surface area (Å²) in [6.07, 6.45) is 1.95. The number of sulfonamides is 1. The third-order valence-corrected chi connectivity index (χ3v) is 6.31. The smallest absolute Gasteiger partial charge is 0.243 e. The van der Waals surface area contributed by atoms with Gasteiger partial charge in [0, 0.05) is 19.1 Å². The number of hydrogen-bond acceptors (Lipinski definition) is 3. The van der Waals surface area contributed by atoms with Gasteiger partial charge in [-0.25, -0.2) is 8.42 Å². The summed E-state index contributed by atoms with van der Waals surface area (Å²) in [5, 5.41) is 0. The van der Waals surface area contributed by atoms with Crippen molar-refractivity contribution in [1.29, 1.82) is 0 Å². The highest BCUT2D eigenvalue weighted by Crippen LogP contribution is 2.30. The molecule has 1 aliphatic heterocycles. The molecule has 1 aliphatic rings. The van der Waals surface area contributed by atoms with Crippen molar-refractivity contribution in [1.82, 2.24) is 4.31 Å². The van der Waals surface area contributed by atoms with Crippen LogP contribution in [0.5, 0.6) is 0 Å². The molecule has 0 spiro atoms. The molecule has 4 nitrogen and oxygen atoms in total. The molecule has 2 unspecified atom stereocenters. The summed E-state index contributed by atoms with van der Waals surface area (Å²) in [7, 11) is -3.45. The zero-order valence-corrected chi connectivity index (χ0v) is 14.5. The van der Waals surface area contributed by atoms with Crippen LogP contribution in [0.3, 0.4) is 0 Å². The first kappa shape index (κ1) is 18.4. The fourth-order valence-corrected chi connectivity index (χ4v) is 5.05. The second kappa shape index (κ2) is 7.09. The lowest BCUT2D eigenvalue weighted by atomic mass is 9.93. The van der Waals surface area contributed by atoms with Gasteiger partial charge in [-0.05, 0) is 44.2 Å². The Labute approximate surface area is 134 Å². The minimum absolute atomic E-state index is 0. The Morgan fingerprint density at radius 3 is 2.57 bits per heavy atom. The van der Waals surface area contributed by atoms with E-state index in [2.05, 4.69) is 6.92 Å². The van der Waals surface area contributed by atoms with E-state index in [0.29, 0.717) is 23.9 Å². The highest BCUT2D eigenvalue weighted by molar-refractivity contribution is 7.89. The normalized spacial score (nSPS) is 23.6. The van der Waals surface area contributed by atoms with Gasteiger partial charge in [0.1, 0.15) is 0 Å². The van der Waals surface area contributed by atoms with E-state index in [0.717, 1.165) is 24.0 Å². The van der Waals surface area contributed by atoms with Gasteiger partial charge in [-0.15, -0.1) is 12.4 Å². The standard InChI is InChI=1S/C15H24N2O2S.ClH/c1-11-6-7-15(13(3)9-11)20(18,19)17-8-4-5-12(2)14(17)10-16;/h6-7,9,12,14H,4-5,8,10,16H2,1-3H3;1H. The summed E-state index contributed by atoms with van der Waals surface area (Å²) >= 11 is 0. The van der Waals surface area contributed by atoms with E-state index < -0.39 is 10.0 Å².